The third-order valence-corrected chi connectivity index (χ3v) is 5.32. The summed E-state index contributed by atoms with van der Waals surface area (Å²) in [7, 11) is 1.50. The fraction of sp³-hybridized carbons (Fsp3) is 0.368. The van der Waals surface area contributed by atoms with Gasteiger partial charge >= 0.3 is 0 Å². The molecule has 0 radical (unpaired) electrons. The van der Waals surface area contributed by atoms with Gasteiger partial charge in [0.2, 0.25) is 5.88 Å². The van der Waals surface area contributed by atoms with Crippen LogP contribution in [0.1, 0.15) is 43.2 Å². The van der Waals surface area contributed by atoms with E-state index in [4.69, 9.17) is 10.5 Å². The van der Waals surface area contributed by atoms with Gasteiger partial charge < -0.3 is 15.8 Å². The second-order valence-corrected chi connectivity index (χ2v) is 8.97. The molecule has 27 heavy (non-hydrogen) atoms. The van der Waals surface area contributed by atoms with E-state index in [0.29, 0.717) is 16.7 Å². The Kier molecular flexibility index (Phi) is 5.10. The Morgan fingerprint density at radius 3 is 2.67 bits per heavy atom. The van der Waals surface area contributed by atoms with E-state index in [1.165, 1.54) is 19.5 Å². The summed E-state index contributed by atoms with van der Waals surface area (Å²) in [6, 6.07) is 7.66. The smallest absolute Gasteiger partial charge is 0.275 e. The first-order valence-electron chi connectivity index (χ1n) is 8.53. The first kappa shape index (κ1) is 19.2. The highest BCUT2D eigenvalue weighted by atomic mass is 32.2. The molecule has 1 aromatic heterocycles. The number of aromatic nitrogens is 2. The Hall–Kier alpha value is -2.61. The topological polar surface area (TPSA) is 102 Å². The molecule has 0 bridgehead atoms. The molecule has 3 N–H and O–H groups in total. The lowest BCUT2D eigenvalue weighted by molar-refractivity contribution is 0.102. The van der Waals surface area contributed by atoms with Crippen molar-refractivity contribution in [1.29, 1.82) is 0 Å². The summed E-state index contributed by atoms with van der Waals surface area (Å²) in [6.45, 7) is 6.38. The van der Waals surface area contributed by atoms with Crippen LogP contribution in [0.15, 0.2) is 41.7 Å². The molecule has 0 fully saturated rings. The molecule has 2 heterocycles. The van der Waals surface area contributed by atoms with Crippen LogP contribution in [0, 0.1) is 0 Å². The lowest BCUT2D eigenvalue weighted by Gasteiger charge is -2.39. The average Bonchev–Trinajstić information content (AvgIpc) is 2.60. The van der Waals surface area contributed by atoms with Crippen LogP contribution < -0.4 is 15.8 Å². The van der Waals surface area contributed by atoms with E-state index < -0.39 is 5.54 Å². The minimum atomic E-state index is -0.445. The van der Waals surface area contributed by atoms with Crippen molar-refractivity contribution in [3.8, 4) is 5.88 Å². The summed E-state index contributed by atoms with van der Waals surface area (Å²) in [5.74, 6) is 0.0182. The second kappa shape index (κ2) is 7.19. The van der Waals surface area contributed by atoms with Crippen LogP contribution in [-0.4, -0.2) is 32.9 Å². The molecule has 0 saturated carbocycles. The standard InChI is InChI=1S/C19H23N5O2S/c1-18(2)11-19(3,24-17(20)27-18)12-6-5-7-13(8-12)23-16(25)14-9-22-15(26-4)10-21-14/h5-10H,11H2,1-4H3,(H2,20,24)(H,23,25)/t19-/m0/s1. The van der Waals surface area contributed by atoms with Crippen LogP contribution in [0.4, 0.5) is 5.69 Å². The molecule has 1 amide bonds. The number of carbonyl (C=O) groups is 1. The number of carbonyl (C=O) groups excluding carboxylic acids is 1. The number of aliphatic imine (C=N–C) groups is 1. The molecule has 7 nitrogen and oxygen atoms in total. The number of thioether (sulfide) groups is 1. The number of hydrogen-bond acceptors (Lipinski definition) is 7. The van der Waals surface area contributed by atoms with Crippen LogP contribution in [0.25, 0.3) is 0 Å². The minimum Gasteiger partial charge on any atom is -0.480 e. The van der Waals surface area contributed by atoms with E-state index in [-0.39, 0.29) is 16.3 Å². The highest BCUT2D eigenvalue weighted by Crippen LogP contribution is 2.45. The van der Waals surface area contributed by atoms with Gasteiger partial charge in [-0.3, -0.25) is 9.79 Å². The maximum absolute atomic E-state index is 12.4. The number of nitrogens with two attached hydrogens (primary N) is 1. The first-order chi connectivity index (χ1) is 12.7. The number of rotatable bonds is 4. The molecule has 1 aromatic carbocycles. The monoisotopic (exact) mass is 385 g/mol. The Morgan fingerprint density at radius 1 is 1.26 bits per heavy atom. The van der Waals surface area contributed by atoms with E-state index in [0.717, 1.165) is 12.0 Å². The van der Waals surface area contributed by atoms with Crippen molar-refractivity contribution < 1.29 is 9.53 Å². The Bertz CT molecular complexity index is 882. The van der Waals surface area contributed by atoms with Crippen molar-refractivity contribution in [3.63, 3.8) is 0 Å². The quantitative estimate of drug-likeness (QED) is 0.838. The summed E-state index contributed by atoms with van der Waals surface area (Å²) >= 11 is 1.59. The predicted octanol–water partition coefficient (Wildman–Crippen LogP) is 3.18. The normalized spacial score (nSPS) is 21.3. The molecule has 1 atom stereocenters. The van der Waals surface area contributed by atoms with E-state index in [1.807, 2.05) is 24.3 Å². The van der Waals surface area contributed by atoms with Crippen molar-refractivity contribution in [3.05, 3.63) is 47.9 Å². The van der Waals surface area contributed by atoms with Gasteiger partial charge in [0.15, 0.2) is 5.17 Å². The minimum absolute atomic E-state index is 0.0154. The van der Waals surface area contributed by atoms with Crippen LogP contribution in [0.5, 0.6) is 5.88 Å². The van der Waals surface area contributed by atoms with Crippen molar-refractivity contribution in [2.75, 3.05) is 12.4 Å². The number of methoxy groups -OCH3 is 1. The maximum Gasteiger partial charge on any atom is 0.275 e. The maximum atomic E-state index is 12.4. The Balaban J connectivity index is 1.83. The SMILES string of the molecule is COc1cnc(C(=O)Nc2cccc([C@]3(C)CC(C)(C)SC(N)=N3)c2)cn1. The summed E-state index contributed by atoms with van der Waals surface area (Å²) in [4.78, 5) is 25.2. The average molecular weight is 385 g/mol. The van der Waals surface area contributed by atoms with E-state index in [1.54, 1.807) is 11.8 Å². The second-order valence-electron chi connectivity index (χ2n) is 7.24. The summed E-state index contributed by atoms with van der Waals surface area (Å²) < 4.78 is 4.94. The zero-order valence-electron chi connectivity index (χ0n) is 15.8. The third-order valence-electron chi connectivity index (χ3n) is 4.32. The number of nitrogens with one attached hydrogen (secondary N) is 1. The Labute approximate surface area is 162 Å². The fourth-order valence-electron chi connectivity index (χ4n) is 3.29. The van der Waals surface area contributed by atoms with Crippen LogP contribution >= 0.6 is 11.8 Å². The van der Waals surface area contributed by atoms with Crippen molar-refractivity contribution in [1.82, 2.24) is 9.97 Å². The van der Waals surface area contributed by atoms with Gasteiger partial charge in [0, 0.05) is 10.4 Å². The number of amides is 1. The van der Waals surface area contributed by atoms with Gasteiger partial charge in [-0.1, -0.05) is 37.7 Å². The molecular weight excluding hydrogens is 362 g/mol. The van der Waals surface area contributed by atoms with Gasteiger partial charge in [-0.15, -0.1) is 0 Å². The molecule has 1 aliphatic heterocycles. The van der Waals surface area contributed by atoms with E-state index in [2.05, 4.69) is 41.0 Å². The van der Waals surface area contributed by atoms with Crippen LogP contribution in [0.3, 0.4) is 0 Å². The Morgan fingerprint density at radius 2 is 2.04 bits per heavy atom. The molecule has 1 aliphatic rings. The predicted molar refractivity (Wildman–Crippen MR) is 108 cm³/mol. The number of nitrogens with zero attached hydrogens (tertiary/aromatic N) is 3. The van der Waals surface area contributed by atoms with Gasteiger partial charge in [0.05, 0.1) is 25.0 Å². The molecule has 142 valence electrons. The number of hydrogen-bond donors (Lipinski definition) is 2. The van der Waals surface area contributed by atoms with Gasteiger partial charge in [0.1, 0.15) is 5.69 Å². The van der Waals surface area contributed by atoms with Gasteiger partial charge in [-0.25, -0.2) is 9.97 Å². The molecule has 0 unspecified atom stereocenters. The third kappa shape index (κ3) is 4.39. The molecule has 0 saturated heterocycles. The lowest BCUT2D eigenvalue weighted by Crippen LogP contribution is -2.38. The summed E-state index contributed by atoms with van der Waals surface area (Å²) in [5.41, 5.74) is 7.49. The molecule has 8 heteroatoms. The lowest BCUT2D eigenvalue weighted by atomic mass is 9.84. The molecular formula is C19H23N5O2S. The van der Waals surface area contributed by atoms with Gasteiger partial charge in [-0.2, -0.15) is 0 Å². The van der Waals surface area contributed by atoms with E-state index >= 15 is 0 Å². The largest absolute Gasteiger partial charge is 0.480 e. The zero-order valence-corrected chi connectivity index (χ0v) is 16.6. The molecule has 3 rings (SSSR count). The summed E-state index contributed by atoms with van der Waals surface area (Å²) in [5, 5.41) is 3.44. The van der Waals surface area contributed by atoms with Crippen LogP contribution in [0.2, 0.25) is 0 Å². The highest BCUT2D eigenvalue weighted by molar-refractivity contribution is 8.15. The molecule has 0 aliphatic carbocycles. The number of anilines is 1. The van der Waals surface area contributed by atoms with Crippen LogP contribution in [-0.2, 0) is 5.54 Å². The molecule has 0 spiro atoms. The number of amidine groups is 1. The molecule has 2 aromatic rings. The van der Waals surface area contributed by atoms with Gasteiger partial charge in [-0.05, 0) is 31.0 Å². The highest BCUT2D eigenvalue weighted by Gasteiger charge is 2.39. The van der Waals surface area contributed by atoms with E-state index in [9.17, 15) is 4.79 Å². The van der Waals surface area contributed by atoms with Gasteiger partial charge in [0.25, 0.3) is 5.91 Å². The fourth-order valence-corrected chi connectivity index (χ4v) is 4.45. The van der Waals surface area contributed by atoms with Crippen molar-refractivity contribution in [2.45, 2.75) is 37.5 Å². The van der Waals surface area contributed by atoms with Crippen molar-refractivity contribution >= 4 is 28.5 Å². The van der Waals surface area contributed by atoms with Crippen molar-refractivity contribution in [2.24, 2.45) is 10.7 Å². The zero-order chi connectivity index (χ0) is 19.7. The number of ether oxygens (including phenoxy) is 1. The first-order valence-corrected chi connectivity index (χ1v) is 9.35. The summed E-state index contributed by atoms with van der Waals surface area (Å²) in [6.07, 6.45) is 3.63. The number of benzene rings is 1.